The predicted octanol–water partition coefficient (Wildman–Crippen LogP) is 1.46. The molecule has 1 aliphatic rings. The number of ether oxygens (including phenoxy) is 1. The van der Waals surface area contributed by atoms with Crippen molar-refractivity contribution in [1.82, 2.24) is 9.97 Å². The van der Waals surface area contributed by atoms with E-state index in [9.17, 15) is 4.79 Å². The van der Waals surface area contributed by atoms with E-state index >= 15 is 0 Å². The molecule has 0 saturated heterocycles. The van der Waals surface area contributed by atoms with Crippen LogP contribution in [0.5, 0.6) is 0 Å². The van der Waals surface area contributed by atoms with E-state index in [2.05, 4.69) is 9.97 Å². The molecular weight excluding hydrogens is 168 g/mol. The van der Waals surface area contributed by atoms with Crippen molar-refractivity contribution in [2.45, 2.75) is 25.7 Å². The molecule has 1 fully saturated rings. The Morgan fingerprint density at radius 1 is 1.77 bits per heavy atom. The molecule has 13 heavy (non-hydrogen) atoms. The number of H-pyrrole nitrogens is 1. The Bertz CT molecular complexity index is 315. The lowest BCUT2D eigenvalue weighted by molar-refractivity contribution is 0.0518. The number of hydrogen-bond acceptors (Lipinski definition) is 3. The molecule has 0 radical (unpaired) electrons. The average Bonchev–Trinajstić information content (AvgIpc) is 2.84. The van der Waals surface area contributed by atoms with Crippen molar-refractivity contribution in [2.75, 3.05) is 6.61 Å². The molecule has 2 rings (SSSR count). The maximum atomic E-state index is 11.4. The van der Waals surface area contributed by atoms with Crippen LogP contribution in [-0.4, -0.2) is 22.5 Å². The Labute approximate surface area is 76.3 Å². The summed E-state index contributed by atoms with van der Waals surface area (Å²) in [5, 5.41) is 0. The highest BCUT2D eigenvalue weighted by atomic mass is 16.5. The van der Waals surface area contributed by atoms with E-state index in [1.165, 1.54) is 0 Å². The number of aromatic amines is 1. The predicted molar refractivity (Wildman–Crippen MR) is 46.5 cm³/mol. The number of aromatic nitrogens is 2. The lowest BCUT2D eigenvalue weighted by atomic mass is 10.2. The van der Waals surface area contributed by atoms with E-state index < -0.39 is 0 Å². The fourth-order valence-electron chi connectivity index (χ4n) is 1.35. The zero-order valence-electron chi connectivity index (χ0n) is 7.54. The summed E-state index contributed by atoms with van der Waals surface area (Å²) in [4.78, 5) is 18.3. The SMILES string of the molecule is CCOC(=O)c1nc[nH]c1C1CC1. The second-order valence-electron chi connectivity index (χ2n) is 3.16. The second kappa shape index (κ2) is 3.20. The van der Waals surface area contributed by atoms with Gasteiger partial charge >= 0.3 is 5.97 Å². The van der Waals surface area contributed by atoms with Gasteiger partial charge in [0.25, 0.3) is 0 Å². The van der Waals surface area contributed by atoms with Gasteiger partial charge in [-0.1, -0.05) is 0 Å². The highest BCUT2D eigenvalue weighted by Crippen LogP contribution is 2.40. The number of carbonyl (C=O) groups excluding carboxylic acids is 1. The molecule has 1 aromatic rings. The minimum absolute atomic E-state index is 0.314. The van der Waals surface area contributed by atoms with E-state index in [1.807, 2.05) is 0 Å². The highest BCUT2D eigenvalue weighted by molar-refractivity contribution is 5.88. The van der Waals surface area contributed by atoms with Crippen LogP contribution in [0.25, 0.3) is 0 Å². The first kappa shape index (κ1) is 8.29. The van der Waals surface area contributed by atoms with Crippen LogP contribution in [0.3, 0.4) is 0 Å². The Morgan fingerprint density at radius 2 is 2.54 bits per heavy atom. The maximum absolute atomic E-state index is 11.4. The quantitative estimate of drug-likeness (QED) is 0.716. The molecule has 0 aromatic carbocycles. The van der Waals surface area contributed by atoms with Crippen LogP contribution in [0.4, 0.5) is 0 Å². The van der Waals surface area contributed by atoms with Crippen LogP contribution in [0.15, 0.2) is 6.33 Å². The molecule has 0 unspecified atom stereocenters. The van der Waals surface area contributed by atoms with Gasteiger partial charge in [-0.15, -0.1) is 0 Å². The molecule has 1 heterocycles. The number of hydrogen-bond donors (Lipinski definition) is 1. The van der Waals surface area contributed by atoms with Gasteiger partial charge in [0.2, 0.25) is 0 Å². The smallest absolute Gasteiger partial charge is 0.358 e. The summed E-state index contributed by atoms with van der Waals surface area (Å²) in [6, 6.07) is 0. The molecule has 0 spiro atoms. The Kier molecular flexibility index (Phi) is 2.04. The lowest BCUT2D eigenvalue weighted by Crippen LogP contribution is -2.07. The second-order valence-corrected chi connectivity index (χ2v) is 3.16. The van der Waals surface area contributed by atoms with Gasteiger partial charge in [0, 0.05) is 5.92 Å². The van der Waals surface area contributed by atoms with Crippen molar-refractivity contribution in [3.63, 3.8) is 0 Å². The highest BCUT2D eigenvalue weighted by Gasteiger charge is 2.30. The minimum atomic E-state index is -0.314. The molecule has 0 atom stereocenters. The molecule has 1 aromatic heterocycles. The average molecular weight is 180 g/mol. The van der Waals surface area contributed by atoms with Crippen molar-refractivity contribution in [3.8, 4) is 0 Å². The summed E-state index contributed by atoms with van der Waals surface area (Å²) >= 11 is 0. The third kappa shape index (κ3) is 1.56. The lowest BCUT2D eigenvalue weighted by Gasteiger charge is -2.00. The summed E-state index contributed by atoms with van der Waals surface area (Å²) in [6.07, 6.45) is 3.85. The number of nitrogens with one attached hydrogen (secondary N) is 1. The zero-order valence-corrected chi connectivity index (χ0v) is 7.54. The molecule has 0 bridgehead atoms. The van der Waals surface area contributed by atoms with E-state index in [1.54, 1.807) is 13.3 Å². The van der Waals surface area contributed by atoms with E-state index in [-0.39, 0.29) is 5.97 Å². The molecule has 1 aliphatic carbocycles. The Hall–Kier alpha value is -1.32. The summed E-state index contributed by atoms with van der Waals surface area (Å²) in [5.74, 6) is 0.188. The number of imidazole rings is 1. The molecule has 4 nitrogen and oxygen atoms in total. The summed E-state index contributed by atoms with van der Waals surface area (Å²) < 4.78 is 4.88. The maximum Gasteiger partial charge on any atom is 0.358 e. The number of esters is 1. The molecule has 1 N–H and O–H groups in total. The topological polar surface area (TPSA) is 55.0 Å². The monoisotopic (exact) mass is 180 g/mol. The first-order valence-corrected chi connectivity index (χ1v) is 4.53. The first-order valence-electron chi connectivity index (χ1n) is 4.53. The van der Waals surface area contributed by atoms with Crippen LogP contribution in [0.2, 0.25) is 0 Å². The molecule has 0 amide bonds. The van der Waals surface area contributed by atoms with Crippen LogP contribution >= 0.6 is 0 Å². The van der Waals surface area contributed by atoms with E-state index in [4.69, 9.17) is 4.74 Å². The third-order valence-electron chi connectivity index (χ3n) is 2.12. The van der Waals surface area contributed by atoms with Crippen LogP contribution < -0.4 is 0 Å². The van der Waals surface area contributed by atoms with Crippen molar-refractivity contribution in [3.05, 3.63) is 17.7 Å². The van der Waals surface area contributed by atoms with Gasteiger partial charge in [0.05, 0.1) is 18.6 Å². The molecular formula is C9H12N2O2. The van der Waals surface area contributed by atoms with Gasteiger partial charge in [-0.2, -0.15) is 0 Å². The van der Waals surface area contributed by atoms with Gasteiger partial charge < -0.3 is 9.72 Å². The van der Waals surface area contributed by atoms with Crippen LogP contribution in [-0.2, 0) is 4.74 Å². The van der Waals surface area contributed by atoms with E-state index in [0.29, 0.717) is 18.2 Å². The molecule has 4 heteroatoms. The van der Waals surface area contributed by atoms with Crippen LogP contribution in [0, 0.1) is 0 Å². The number of rotatable bonds is 3. The van der Waals surface area contributed by atoms with Crippen molar-refractivity contribution in [2.24, 2.45) is 0 Å². The number of carbonyl (C=O) groups is 1. The number of nitrogens with zero attached hydrogens (tertiary/aromatic N) is 1. The van der Waals surface area contributed by atoms with Gasteiger partial charge in [-0.25, -0.2) is 9.78 Å². The Morgan fingerprint density at radius 3 is 3.15 bits per heavy atom. The fourth-order valence-corrected chi connectivity index (χ4v) is 1.35. The van der Waals surface area contributed by atoms with Gasteiger partial charge in [0.15, 0.2) is 5.69 Å². The molecule has 1 saturated carbocycles. The van der Waals surface area contributed by atoms with Gasteiger partial charge in [0.1, 0.15) is 0 Å². The fraction of sp³-hybridized carbons (Fsp3) is 0.556. The zero-order chi connectivity index (χ0) is 9.26. The summed E-state index contributed by atoms with van der Waals surface area (Å²) in [5.41, 5.74) is 1.41. The normalized spacial score (nSPS) is 15.8. The summed E-state index contributed by atoms with van der Waals surface area (Å²) in [7, 11) is 0. The third-order valence-corrected chi connectivity index (χ3v) is 2.12. The molecule has 0 aliphatic heterocycles. The minimum Gasteiger partial charge on any atom is -0.461 e. The van der Waals surface area contributed by atoms with Crippen LogP contribution in [0.1, 0.15) is 41.9 Å². The summed E-state index contributed by atoms with van der Waals surface area (Å²) in [6.45, 7) is 2.19. The first-order chi connectivity index (χ1) is 6.33. The van der Waals surface area contributed by atoms with Gasteiger partial charge in [-0.3, -0.25) is 0 Å². The van der Waals surface area contributed by atoms with E-state index in [0.717, 1.165) is 18.5 Å². The molecule has 70 valence electrons. The van der Waals surface area contributed by atoms with Crippen molar-refractivity contribution >= 4 is 5.97 Å². The Balaban J connectivity index is 2.18. The standard InChI is InChI=1S/C9H12N2O2/c1-2-13-9(12)8-7(6-3-4-6)10-5-11-8/h5-6H,2-4H2,1H3,(H,10,11). The largest absolute Gasteiger partial charge is 0.461 e. The van der Waals surface area contributed by atoms with Crippen molar-refractivity contribution < 1.29 is 9.53 Å². The van der Waals surface area contributed by atoms with Gasteiger partial charge in [-0.05, 0) is 19.8 Å². The van der Waals surface area contributed by atoms with Crippen molar-refractivity contribution in [1.29, 1.82) is 0 Å².